The van der Waals surface area contributed by atoms with Crippen LogP contribution in [0.5, 0.6) is 0 Å². The van der Waals surface area contributed by atoms with E-state index in [1.165, 1.54) is 16.7 Å². The molecule has 0 radical (unpaired) electrons. The van der Waals surface area contributed by atoms with E-state index >= 15 is 0 Å². The second-order valence-corrected chi connectivity index (χ2v) is 14.2. The number of nitrogens with one attached hydrogen (secondary N) is 2. The standard InChI is InChI=1S/C43H48N6O2/c1-31-40(45-30-49(31)43(35-13-7-4-8-14-35,36-15-9-5-10-16-36)37-17-11-6-12-18-37)32-23-26-48(27-24-32)39-22-21-34(41(50)44-25-28-47(2)3)29-38(39)46-42(51)33-19-20-33/h4-18,21-22,29-30,32-33H,19-20,23-28H2,1-3H3,(H,44,50)(H,46,51). The Kier molecular flexibility index (Phi) is 10.0. The third-order valence-electron chi connectivity index (χ3n) is 10.5. The Morgan fingerprint density at radius 3 is 1.90 bits per heavy atom. The molecule has 2 aliphatic rings. The number of hydrogen-bond donors (Lipinski definition) is 2. The molecular weight excluding hydrogens is 633 g/mol. The highest BCUT2D eigenvalue weighted by Crippen LogP contribution is 2.43. The molecule has 0 unspecified atom stereocenters. The Hall–Kier alpha value is -5.21. The van der Waals surface area contributed by atoms with Crippen LogP contribution in [0, 0.1) is 12.8 Å². The highest BCUT2D eigenvalue weighted by atomic mass is 16.2. The van der Waals surface area contributed by atoms with Crippen LogP contribution < -0.4 is 15.5 Å². The third-order valence-corrected chi connectivity index (χ3v) is 10.5. The maximum atomic E-state index is 13.0. The van der Waals surface area contributed by atoms with Gasteiger partial charge in [0.1, 0.15) is 5.54 Å². The summed E-state index contributed by atoms with van der Waals surface area (Å²) in [6.07, 6.45) is 5.73. The van der Waals surface area contributed by atoms with Crippen molar-refractivity contribution in [3.63, 3.8) is 0 Å². The van der Waals surface area contributed by atoms with Gasteiger partial charge in [0.05, 0.1) is 23.4 Å². The van der Waals surface area contributed by atoms with Gasteiger partial charge in [0.2, 0.25) is 5.91 Å². The Balaban J connectivity index is 1.17. The van der Waals surface area contributed by atoms with Crippen LogP contribution in [0.2, 0.25) is 0 Å². The quantitative estimate of drug-likeness (QED) is 0.138. The molecule has 0 atom stereocenters. The molecule has 7 rings (SSSR count). The number of anilines is 2. The fourth-order valence-electron chi connectivity index (χ4n) is 7.64. The van der Waals surface area contributed by atoms with Gasteiger partial charge in [0.15, 0.2) is 0 Å². The van der Waals surface area contributed by atoms with Crippen molar-refractivity contribution >= 4 is 23.2 Å². The number of imidazole rings is 1. The summed E-state index contributed by atoms with van der Waals surface area (Å²) < 4.78 is 2.38. The fourth-order valence-corrected chi connectivity index (χ4v) is 7.64. The van der Waals surface area contributed by atoms with E-state index in [4.69, 9.17) is 4.98 Å². The van der Waals surface area contributed by atoms with Gasteiger partial charge in [-0.2, -0.15) is 0 Å². The van der Waals surface area contributed by atoms with Crippen LogP contribution >= 0.6 is 0 Å². The molecule has 2 heterocycles. The second kappa shape index (κ2) is 15.0. The van der Waals surface area contributed by atoms with Crippen molar-refractivity contribution in [1.82, 2.24) is 19.8 Å². The highest BCUT2D eigenvalue weighted by molar-refractivity contribution is 6.01. The predicted octanol–water partition coefficient (Wildman–Crippen LogP) is 7.06. The first-order valence-electron chi connectivity index (χ1n) is 18.2. The summed E-state index contributed by atoms with van der Waals surface area (Å²) in [4.78, 5) is 35.5. The van der Waals surface area contributed by atoms with Crippen LogP contribution in [0.15, 0.2) is 116 Å². The summed E-state index contributed by atoms with van der Waals surface area (Å²) in [5.41, 5.74) is 7.46. The number of carbonyl (C=O) groups is 2. The summed E-state index contributed by atoms with van der Waals surface area (Å²) in [5.74, 6) is 0.256. The van der Waals surface area contributed by atoms with Crippen molar-refractivity contribution in [2.24, 2.45) is 5.92 Å². The van der Waals surface area contributed by atoms with Gasteiger partial charge >= 0.3 is 0 Å². The number of piperidine rings is 1. The van der Waals surface area contributed by atoms with Crippen molar-refractivity contribution < 1.29 is 9.59 Å². The second-order valence-electron chi connectivity index (χ2n) is 14.2. The number of carbonyl (C=O) groups excluding carboxylic acids is 2. The van der Waals surface area contributed by atoms with E-state index in [9.17, 15) is 9.59 Å². The minimum absolute atomic E-state index is 0.0381. The average molecular weight is 681 g/mol. The number of benzene rings is 4. The molecule has 2 fully saturated rings. The van der Waals surface area contributed by atoms with Crippen molar-refractivity contribution in [2.75, 3.05) is 50.5 Å². The molecule has 2 amide bonds. The molecule has 1 aliphatic carbocycles. The van der Waals surface area contributed by atoms with Crippen LogP contribution in [0.25, 0.3) is 0 Å². The molecule has 0 spiro atoms. The lowest BCUT2D eigenvalue weighted by molar-refractivity contribution is -0.117. The maximum Gasteiger partial charge on any atom is 0.251 e. The van der Waals surface area contributed by atoms with Crippen LogP contribution in [-0.2, 0) is 10.3 Å². The molecule has 1 aliphatic heterocycles. The minimum atomic E-state index is -0.602. The number of rotatable bonds is 12. The molecule has 1 saturated heterocycles. The van der Waals surface area contributed by atoms with Crippen molar-refractivity contribution in [3.8, 4) is 0 Å². The Labute approximate surface area is 301 Å². The zero-order chi connectivity index (χ0) is 35.4. The molecule has 2 N–H and O–H groups in total. The lowest BCUT2D eigenvalue weighted by atomic mass is 9.76. The normalized spacial score (nSPS) is 15.2. The number of likely N-dealkylation sites (N-methyl/N-ethyl adjacent to an activating group) is 1. The monoisotopic (exact) mass is 680 g/mol. The first kappa shape index (κ1) is 34.2. The zero-order valence-corrected chi connectivity index (χ0v) is 29.9. The van der Waals surface area contributed by atoms with E-state index in [2.05, 4.69) is 118 Å². The molecule has 8 nitrogen and oxygen atoms in total. The first-order chi connectivity index (χ1) is 24.9. The molecule has 262 valence electrons. The Morgan fingerprint density at radius 1 is 0.804 bits per heavy atom. The van der Waals surface area contributed by atoms with E-state index in [0.717, 1.165) is 62.4 Å². The lowest BCUT2D eigenvalue weighted by Gasteiger charge is -2.39. The van der Waals surface area contributed by atoms with Gasteiger partial charge < -0.3 is 25.0 Å². The number of hydrogen-bond acceptors (Lipinski definition) is 5. The molecule has 5 aromatic rings. The summed E-state index contributed by atoms with van der Waals surface area (Å²) >= 11 is 0. The summed E-state index contributed by atoms with van der Waals surface area (Å²) in [6, 6.07) is 37.9. The van der Waals surface area contributed by atoms with Crippen LogP contribution in [0.4, 0.5) is 11.4 Å². The SMILES string of the molecule is Cc1c(C2CCN(c3ccc(C(=O)NCCN(C)C)cc3NC(=O)C3CC3)CC2)ncn1C(c1ccccc1)(c1ccccc1)c1ccccc1. The molecule has 51 heavy (non-hydrogen) atoms. The number of amides is 2. The fraction of sp³-hybridized carbons (Fsp3) is 0.326. The van der Waals surface area contributed by atoms with Gasteiger partial charge in [-0.1, -0.05) is 91.0 Å². The maximum absolute atomic E-state index is 13.0. The molecule has 4 aromatic carbocycles. The van der Waals surface area contributed by atoms with Crippen molar-refractivity contribution in [3.05, 3.63) is 149 Å². The van der Waals surface area contributed by atoms with Crippen LogP contribution in [-0.4, -0.2) is 66.5 Å². The van der Waals surface area contributed by atoms with Gasteiger partial charge in [-0.25, -0.2) is 4.98 Å². The Bertz CT molecular complexity index is 1850. The van der Waals surface area contributed by atoms with Gasteiger partial charge in [-0.05, 0) is 81.6 Å². The van der Waals surface area contributed by atoms with Crippen LogP contribution in [0.1, 0.15) is 70.0 Å². The van der Waals surface area contributed by atoms with E-state index in [0.29, 0.717) is 17.8 Å². The number of nitrogens with zero attached hydrogens (tertiary/aromatic N) is 4. The largest absolute Gasteiger partial charge is 0.370 e. The Morgan fingerprint density at radius 2 is 1.37 bits per heavy atom. The molecule has 0 bridgehead atoms. The predicted molar refractivity (Wildman–Crippen MR) is 204 cm³/mol. The van der Waals surface area contributed by atoms with Gasteiger partial charge in [0, 0.05) is 49.3 Å². The lowest BCUT2D eigenvalue weighted by Crippen LogP contribution is -2.38. The summed E-state index contributed by atoms with van der Waals surface area (Å²) in [7, 11) is 3.96. The third kappa shape index (κ3) is 7.06. The summed E-state index contributed by atoms with van der Waals surface area (Å²) in [5, 5.41) is 6.18. The average Bonchev–Trinajstić information content (AvgIpc) is 3.96. The van der Waals surface area contributed by atoms with Gasteiger partial charge in [-0.3, -0.25) is 9.59 Å². The molecular formula is C43H48N6O2. The number of aromatic nitrogens is 2. The van der Waals surface area contributed by atoms with E-state index in [-0.39, 0.29) is 23.7 Å². The molecule has 1 saturated carbocycles. The van der Waals surface area contributed by atoms with E-state index < -0.39 is 5.54 Å². The topological polar surface area (TPSA) is 82.5 Å². The molecule has 1 aromatic heterocycles. The highest BCUT2D eigenvalue weighted by Gasteiger charge is 2.40. The smallest absolute Gasteiger partial charge is 0.251 e. The van der Waals surface area contributed by atoms with Crippen molar-refractivity contribution in [2.45, 2.75) is 44.1 Å². The first-order valence-corrected chi connectivity index (χ1v) is 18.2. The van der Waals surface area contributed by atoms with E-state index in [1.54, 1.807) is 0 Å². The summed E-state index contributed by atoms with van der Waals surface area (Å²) in [6.45, 7) is 5.17. The van der Waals surface area contributed by atoms with Gasteiger partial charge in [-0.15, -0.1) is 0 Å². The zero-order valence-electron chi connectivity index (χ0n) is 29.9. The van der Waals surface area contributed by atoms with Gasteiger partial charge in [0.25, 0.3) is 5.91 Å². The van der Waals surface area contributed by atoms with Crippen molar-refractivity contribution in [1.29, 1.82) is 0 Å². The molecule has 8 heteroatoms. The van der Waals surface area contributed by atoms with Crippen LogP contribution in [0.3, 0.4) is 0 Å². The van der Waals surface area contributed by atoms with E-state index in [1.807, 2.05) is 43.5 Å². The minimum Gasteiger partial charge on any atom is -0.370 e.